The average Bonchev–Trinajstić information content (AvgIpc) is 2.94. The van der Waals surface area contributed by atoms with Gasteiger partial charge in [-0.25, -0.2) is 0 Å². The molecule has 26 heavy (non-hydrogen) atoms. The minimum atomic E-state index is 0.306. The standard InChI is InChI=1S/C24H28N2/c1-18-11-12-19(2)23(17-18)24(26-15-6-13-25-14-16-26)22-10-5-8-20-7-3-4-9-21(20)22/h3-5,7-12,17,24-25H,6,13-16H2,1-2H3. The number of nitrogens with one attached hydrogen (secondary N) is 1. The zero-order valence-corrected chi connectivity index (χ0v) is 15.8. The number of benzene rings is 3. The summed E-state index contributed by atoms with van der Waals surface area (Å²) in [6.07, 6.45) is 1.20. The number of hydrogen-bond donors (Lipinski definition) is 1. The van der Waals surface area contributed by atoms with E-state index in [4.69, 9.17) is 0 Å². The molecular formula is C24H28N2. The van der Waals surface area contributed by atoms with E-state index in [0.29, 0.717) is 6.04 Å². The van der Waals surface area contributed by atoms with Crippen molar-refractivity contribution in [3.8, 4) is 0 Å². The maximum absolute atomic E-state index is 3.56. The molecule has 0 radical (unpaired) electrons. The molecule has 3 aromatic carbocycles. The maximum Gasteiger partial charge on any atom is 0.0611 e. The first-order valence-corrected chi connectivity index (χ1v) is 9.73. The van der Waals surface area contributed by atoms with Gasteiger partial charge in [-0.05, 0) is 54.3 Å². The molecule has 2 nitrogen and oxygen atoms in total. The molecule has 1 N–H and O–H groups in total. The van der Waals surface area contributed by atoms with Crippen LogP contribution in [0.3, 0.4) is 0 Å². The Morgan fingerprint density at radius 3 is 2.62 bits per heavy atom. The van der Waals surface area contributed by atoms with Gasteiger partial charge in [0.25, 0.3) is 0 Å². The zero-order chi connectivity index (χ0) is 17.9. The van der Waals surface area contributed by atoms with E-state index >= 15 is 0 Å². The SMILES string of the molecule is Cc1ccc(C)c(C(c2cccc3ccccc23)N2CCCNCC2)c1. The highest BCUT2D eigenvalue weighted by molar-refractivity contribution is 5.86. The monoisotopic (exact) mass is 344 g/mol. The maximum atomic E-state index is 3.56. The number of hydrogen-bond acceptors (Lipinski definition) is 2. The summed E-state index contributed by atoms with van der Waals surface area (Å²) in [5, 5.41) is 6.26. The van der Waals surface area contributed by atoms with E-state index in [2.05, 4.69) is 84.7 Å². The highest BCUT2D eigenvalue weighted by atomic mass is 15.2. The molecule has 2 heteroatoms. The van der Waals surface area contributed by atoms with Crippen molar-refractivity contribution in [1.29, 1.82) is 0 Å². The Morgan fingerprint density at radius 2 is 1.69 bits per heavy atom. The molecule has 0 bridgehead atoms. The second-order valence-corrected chi connectivity index (χ2v) is 7.47. The lowest BCUT2D eigenvalue weighted by atomic mass is 9.89. The van der Waals surface area contributed by atoms with Crippen LogP contribution in [0.25, 0.3) is 10.8 Å². The van der Waals surface area contributed by atoms with Crippen molar-refractivity contribution in [2.24, 2.45) is 0 Å². The quantitative estimate of drug-likeness (QED) is 0.731. The lowest BCUT2D eigenvalue weighted by Crippen LogP contribution is -2.33. The third-order valence-electron chi connectivity index (χ3n) is 5.59. The lowest BCUT2D eigenvalue weighted by Gasteiger charge is -2.33. The van der Waals surface area contributed by atoms with Crippen molar-refractivity contribution >= 4 is 10.8 Å². The highest BCUT2D eigenvalue weighted by Crippen LogP contribution is 2.35. The Labute approximate surface area is 156 Å². The van der Waals surface area contributed by atoms with Crippen LogP contribution in [0, 0.1) is 13.8 Å². The predicted octanol–water partition coefficient (Wildman–Crippen LogP) is 4.84. The van der Waals surface area contributed by atoms with Crippen LogP contribution in [-0.2, 0) is 0 Å². The largest absolute Gasteiger partial charge is 0.315 e. The molecule has 0 spiro atoms. The summed E-state index contributed by atoms with van der Waals surface area (Å²) in [7, 11) is 0. The van der Waals surface area contributed by atoms with Gasteiger partial charge < -0.3 is 5.32 Å². The molecule has 1 saturated heterocycles. The third kappa shape index (κ3) is 3.40. The fourth-order valence-electron chi connectivity index (χ4n) is 4.23. The van der Waals surface area contributed by atoms with Crippen molar-refractivity contribution in [3.63, 3.8) is 0 Å². The van der Waals surface area contributed by atoms with Crippen molar-refractivity contribution in [3.05, 3.63) is 82.9 Å². The van der Waals surface area contributed by atoms with Gasteiger partial charge in [-0.15, -0.1) is 0 Å². The molecule has 3 aromatic rings. The predicted molar refractivity (Wildman–Crippen MR) is 111 cm³/mol. The Kier molecular flexibility index (Phi) is 5.05. The Bertz CT molecular complexity index is 886. The van der Waals surface area contributed by atoms with E-state index in [0.717, 1.165) is 26.2 Å². The molecule has 0 aromatic heterocycles. The fraction of sp³-hybridized carbons (Fsp3) is 0.333. The molecule has 1 fully saturated rings. The fourth-order valence-corrected chi connectivity index (χ4v) is 4.23. The summed E-state index contributed by atoms with van der Waals surface area (Å²) in [5.74, 6) is 0. The molecule has 0 amide bonds. The Hall–Kier alpha value is -2.16. The summed E-state index contributed by atoms with van der Waals surface area (Å²) in [4.78, 5) is 2.67. The molecule has 0 aliphatic carbocycles. The van der Waals surface area contributed by atoms with Gasteiger partial charge in [-0.2, -0.15) is 0 Å². The minimum absolute atomic E-state index is 0.306. The van der Waals surface area contributed by atoms with Crippen LogP contribution in [0.5, 0.6) is 0 Å². The molecule has 134 valence electrons. The van der Waals surface area contributed by atoms with Gasteiger partial charge in [-0.1, -0.05) is 66.2 Å². The topological polar surface area (TPSA) is 15.3 Å². The molecule has 1 atom stereocenters. The lowest BCUT2D eigenvalue weighted by molar-refractivity contribution is 0.241. The molecule has 4 rings (SSSR count). The summed E-state index contributed by atoms with van der Waals surface area (Å²) < 4.78 is 0. The van der Waals surface area contributed by atoms with Crippen LogP contribution in [-0.4, -0.2) is 31.1 Å². The Balaban J connectivity index is 1.91. The minimum Gasteiger partial charge on any atom is -0.315 e. The molecule has 1 aliphatic rings. The van der Waals surface area contributed by atoms with Gasteiger partial charge in [0.15, 0.2) is 0 Å². The van der Waals surface area contributed by atoms with Gasteiger partial charge in [0, 0.05) is 19.6 Å². The smallest absolute Gasteiger partial charge is 0.0611 e. The first kappa shape index (κ1) is 17.3. The molecule has 1 aliphatic heterocycles. The number of aryl methyl sites for hydroxylation is 2. The number of rotatable bonds is 3. The number of nitrogens with zero attached hydrogens (tertiary/aromatic N) is 1. The van der Waals surface area contributed by atoms with Gasteiger partial charge in [-0.3, -0.25) is 4.90 Å². The Morgan fingerprint density at radius 1 is 0.846 bits per heavy atom. The van der Waals surface area contributed by atoms with Crippen molar-refractivity contribution in [2.45, 2.75) is 26.3 Å². The normalized spacial score (nSPS) is 17.2. The van der Waals surface area contributed by atoms with E-state index in [9.17, 15) is 0 Å². The summed E-state index contributed by atoms with van der Waals surface area (Å²) >= 11 is 0. The van der Waals surface area contributed by atoms with E-state index in [1.807, 2.05) is 0 Å². The van der Waals surface area contributed by atoms with E-state index in [1.54, 1.807) is 0 Å². The van der Waals surface area contributed by atoms with Crippen LogP contribution >= 0.6 is 0 Å². The zero-order valence-electron chi connectivity index (χ0n) is 15.8. The van der Waals surface area contributed by atoms with E-state index in [-0.39, 0.29) is 0 Å². The number of fused-ring (bicyclic) bond motifs is 1. The summed E-state index contributed by atoms with van der Waals surface area (Å²) in [6.45, 7) is 8.85. The van der Waals surface area contributed by atoms with Crippen molar-refractivity contribution in [1.82, 2.24) is 10.2 Å². The average molecular weight is 345 g/mol. The van der Waals surface area contributed by atoms with Gasteiger partial charge >= 0.3 is 0 Å². The van der Waals surface area contributed by atoms with E-state index in [1.165, 1.54) is 39.4 Å². The van der Waals surface area contributed by atoms with Crippen molar-refractivity contribution in [2.75, 3.05) is 26.2 Å². The van der Waals surface area contributed by atoms with Crippen LogP contribution in [0.1, 0.15) is 34.7 Å². The van der Waals surface area contributed by atoms with Crippen LogP contribution in [0.15, 0.2) is 60.7 Å². The van der Waals surface area contributed by atoms with Crippen molar-refractivity contribution < 1.29 is 0 Å². The molecular weight excluding hydrogens is 316 g/mol. The third-order valence-corrected chi connectivity index (χ3v) is 5.59. The molecule has 1 unspecified atom stereocenters. The second-order valence-electron chi connectivity index (χ2n) is 7.47. The van der Waals surface area contributed by atoms with Crippen LogP contribution in [0.2, 0.25) is 0 Å². The van der Waals surface area contributed by atoms with E-state index < -0.39 is 0 Å². The first-order chi connectivity index (χ1) is 12.7. The van der Waals surface area contributed by atoms with Gasteiger partial charge in [0.2, 0.25) is 0 Å². The molecule has 1 heterocycles. The van der Waals surface area contributed by atoms with Crippen LogP contribution < -0.4 is 5.32 Å². The second kappa shape index (κ2) is 7.61. The summed E-state index contributed by atoms with van der Waals surface area (Å²) in [5.41, 5.74) is 5.59. The van der Waals surface area contributed by atoms with Gasteiger partial charge in [0.1, 0.15) is 0 Å². The first-order valence-electron chi connectivity index (χ1n) is 9.73. The van der Waals surface area contributed by atoms with Gasteiger partial charge in [0.05, 0.1) is 6.04 Å². The van der Waals surface area contributed by atoms with Crippen LogP contribution in [0.4, 0.5) is 0 Å². The highest BCUT2D eigenvalue weighted by Gasteiger charge is 2.26. The molecule has 0 saturated carbocycles. The summed E-state index contributed by atoms with van der Waals surface area (Å²) in [6, 6.07) is 22.8.